The Balaban J connectivity index is 3.72. The number of nitrogens with zero attached hydrogens (tertiary/aromatic N) is 1. The third-order valence-electron chi connectivity index (χ3n) is 1.12. The molecule has 0 aromatic rings. The quantitative estimate of drug-likeness (QED) is 0.334. The molecule has 0 atom stereocenters. The van der Waals surface area contributed by atoms with Gasteiger partial charge in [0.05, 0.1) is 6.54 Å². The van der Waals surface area contributed by atoms with Gasteiger partial charge in [-0.2, -0.15) is 0 Å². The van der Waals surface area contributed by atoms with E-state index in [0.717, 1.165) is 0 Å². The van der Waals surface area contributed by atoms with Crippen molar-refractivity contribution in [2.24, 2.45) is 16.5 Å². The zero-order valence-electron chi connectivity index (χ0n) is 8.83. The van der Waals surface area contributed by atoms with Crippen LogP contribution in [0.3, 0.4) is 0 Å². The van der Waals surface area contributed by atoms with Gasteiger partial charge in [-0.15, -0.1) is 0 Å². The van der Waals surface area contributed by atoms with E-state index in [-0.39, 0.29) is 12.1 Å². The summed E-state index contributed by atoms with van der Waals surface area (Å²) in [5.41, 5.74) is 10.2. The van der Waals surface area contributed by atoms with Gasteiger partial charge in [-0.1, -0.05) is 0 Å². The second-order valence-electron chi connectivity index (χ2n) is 3.81. The highest BCUT2D eigenvalue weighted by molar-refractivity contribution is 5.78. The number of hydrogen-bond donors (Lipinski definition) is 3. The van der Waals surface area contributed by atoms with E-state index in [1.54, 1.807) is 0 Å². The zero-order chi connectivity index (χ0) is 11.2. The number of carbonyl (C=O) groups excluding carboxylic acids is 1. The summed E-state index contributed by atoms with van der Waals surface area (Å²) in [7, 11) is 0. The van der Waals surface area contributed by atoms with Crippen molar-refractivity contribution in [2.75, 3.05) is 13.2 Å². The SMILES string of the molecule is CC(C)(C)NC(N)=NCCOC(N)=O. The van der Waals surface area contributed by atoms with Gasteiger partial charge >= 0.3 is 6.09 Å². The van der Waals surface area contributed by atoms with Crippen molar-refractivity contribution in [3.8, 4) is 0 Å². The Labute approximate surface area is 83.7 Å². The maximum absolute atomic E-state index is 10.2. The van der Waals surface area contributed by atoms with Crippen molar-refractivity contribution in [1.29, 1.82) is 0 Å². The van der Waals surface area contributed by atoms with Gasteiger partial charge in [0.2, 0.25) is 0 Å². The molecule has 0 rings (SSSR count). The number of nitrogens with two attached hydrogens (primary N) is 2. The first-order valence-corrected chi connectivity index (χ1v) is 4.31. The molecule has 6 nitrogen and oxygen atoms in total. The molecule has 1 amide bonds. The van der Waals surface area contributed by atoms with Crippen molar-refractivity contribution in [3.05, 3.63) is 0 Å². The Morgan fingerprint density at radius 1 is 1.43 bits per heavy atom. The van der Waals surface area contributed by atoms with Crippen molar-refractivity contribution >= 4 is 12.1 Å². The van der Waals surface area contributed by atoms with Gasteiger partial charge in [-0.25, -0.2) is 9.79 Å². The average molecular weight is 202 g/mol. The van der Waals surface area contributed by atoms with Crippen molar-refractivity contribution in [2.45, 2.75) is 26.3 Å². The number of carbonyl (C=O) groups is 1. The lowest BCUT2D eigenvalue weighted by Gasteiger charge is -2.20. The van der Waals surface area contributed by atoms with Gasteiger partial charge in [0, 0.05) is 5.54 Å². The highest BCUT2D eigenvalue weighted by Gasteiger charge is 2.09. The van der Waals surface area contributed by atoms with E-state index in [1.165, 1.54) is 0 Å². The molecule has 0 aliphatic rings. The number of guanidine groups is 1. The Bertz CT molecular complexity index is 220. The van der Waals surface area contributed by atoms with Crippen LogP contribution in [0.1, 0.15) is 20.8 Å². The molecular weight excluding hydrogens is 184 g/mol. The first-order chi connectivity index (χ1) is 6.31. The molecule has 0 radical (unpaired) electrons. The van der Waals surface area contributed by atoms with Crippen LogP contribution in [0.15, 0.2) is 4.99 Å². The summed E-state index contributed by atoms with van der Waals surface area (Å²) in [6.45, 7) is 6.35. The third-order valence-corrected chi connectivity index (χ3v) is 1.12. The minimum Gasteiger partial charge on any atom is -0.448 e. The smallest absolute Gasteiger partial charge is 0.404 e. The fourth-order valence-electron chi connectivity index (χ4n) is 0.736. The average Bonchev–Trinajstić information content (AvgIpc) is 1.94. The van der Waals surface area contributed by atoms with Crippen LogP contribution in [-0.2, 0) is 4.74 Å². The van der Waals surface area contributed by atoms with E-state index >= 15 is 0 Å². The van der Waals surface area contributed by atoms with E-state index in [2.05, 4.69) is 15.0 Å². The van der Waals surface area contributed by atoms with Gasteiger partial charge in [-0.05, 0) is 20.8 Å². The van der Waals surface area contributed by atoms with E-state index in [9.17, 15) is 4.79 Å². The Kier molecular flexibility index (Phi) is 4.76. The van der Waals surface area contributed by atoms with Gasteiger partial charge in [-0.3, -0.25) is 0 Å². The van der Waals surface area contributed by atoms with Gasteiger partial charge < -0.3 is 21.5 Å². The molecule has 0 bridgehead atoms. The Hall–Kier alpha value is -1.46. The fourth-order valence-corrected chi connectivity index (χ4v) is 0.736. The van der Waals surface area contributed by atoms with Crippen LogP contribution in [-0.4, -0.2) is 30.7 Å². The highest BCUT2D eigenvalue weighted by Crippen LogP contribution is 1.96. The van der Waals surface area contributed by atoms with E-state index in [0.29, 0.717) is 12.5 Å². The van der Waals surface area contributed by atoms with Gasteiger partial charge in [0.15, 0.2) is 5.96 Å². The largest absolute Gasteiger partial charge is 0.448 e. The van der Waals surface area contributed by atoms with E-state index < -0.39 is 6.09 Å². The molecule has 0 aliphatic carbocycles. The Morgan fingerprint density at radius 2 is 2.00 bits per heavy atom. The lowest BCUT2D eigenvalue weighted by atomic mass is 10.1. The molecule has 5 N–H and O–H groups in total. The second kappa shape index (κ2) is 5.31. The minimum atomic E-state index is -0.803. The maximum atomic E-state index is 10.2. The molecule has 0 heterocycles. The standard InChI is InChI=1S/C8H18N4O2/c1-8(2,3)12-6(9)11-4-5-14-7(10)13/h4-5H2,1-3H3,(H2,10,13)(H3,9,11,12). The molecule has 6 heteroatoms. The monoisotopic (exact) mass is 202 g/mol. The molecule has 14 heavy (non-hydrogen) atoms. The minimum absolute atomic E-state index is 0.127. The van der Waals surface area contributed by atoms with Crippen LogP contribution in [0, 0.1) is 0 Å². The number of amides is 1. The van der Waals surface area contributed by atoms with Crippen LogP contribution >= 0.6 is 0 Å². The fraction of sp³-hybridized carbons (Fsp3) is 0.750. The van der Waals surface area contributed by atoms with Gasteiger partial charge in [0.1, 0.15) is 6.61 Å². The summed E-state index contributed by atoms with van der Waals surface area (Å²) in [6, 6.07) is 0. The maximum Gasteiger partial charge on any atom is 0.404 e. The van der Waals surface area contributed by atoms with Crippen molar-refractivity contribution < 1.29 is 9.53 Å². The number of nitrogens with one attached hydrogen (secondary N) is 1. The first-order valence-electron chi connectivity index (χ1n) is 4.31. The normalized spacial score (nSPS) is 12.4. The molecule has 0 fully saturated rings. The topological polar surface area (TPSA) is 103 Å². The van der Waals surface area contributed by atoms with Crippen molar-refractivity contribution in [1.82, 2.24) is 5.32 Å². The molecular formula is C8H18N4O2. The van der Waals surface area contributed by atoms with E-state index in [4.69, 9.17) is 11.5 Å². The van der Waals surface area contributed by atoms with Crippen LogP contribution < -0.4 is 16.8 Å². The molecule has 82 valence electrons. The number of rotatable bonds is 3. The van der Waals surface area contributed by atoms with Crippen LogP contribution in [0.4, 0.5) is 4.79 Å². The summed E-state index contributed by atoms with van der Waals surface area (Å²) in [5.74, 6) is 0.325. The van der Waals surface area contributed by atoms with Gasteiger partial charge in [0.25, 0.3) is 0 Å². The summed E-state index contributed by atoms with van der Waals surface area (Å²) in [6.07, 6.45) is -0.803. The first kappa shape index (κ1) is 12.5. The number of ether oxygens (including phenoxy) is 1. The van der Waals surface area contributed by atoms with Crippen LogP contribution in [0.25, 0.3) is 0 Å². The molecule has 0 aromatic carbocycles. The molecule has 0 saturated heterocycles. The molecule has 0 saturated carbocycles. The number of aliphatic imine (C=N–C) groups is 1. The van der Waals surface area contributed by atoms with E-state index in [1.807, 2.05) is 20.8 Å². The molecule has 0 unspecified atom stereocenters. The summed E-state index contributed by atoms with van der Waals surface area (Å²) < 4.78 is 4.47. The molecule has 0 aromatic heterocycles. The predicted molar refractivity (Wildman–Crippen MR) is 54.9 cm³/mol. The highest BCUT2D eigenvalue weighted by atomic mass is 16.5. The number of primary amides is 1. The van der Waals surface area contributed by atoms with Crippen LogP contribution in [0.5, 0.6) is 0 Å². The zero-order valence-corrected chi connectivity index (χ0v) is 8.83. The number of hydrogen-bond acceptors (Lipinski definition) is 3. The lowest BCUT2D eigenvalue weighted by molar-refractivity contribution is 0.160. The second-order valence-corrected chi connectivity index (χ2v) is 3.81. The molecule has 0 aliphatic heterocycles. The summed E-state index contributed by atoms with van der Waals surface area (Å²) >= 11 is 0. The summed E-state index contributed by atoms with van der Waals surface area (Å²) in [5, 5.41) is 2.96. The van der Waals surface area contributed by atoms with Crippen LogP contribution in [0.2, 0.25) is 0 Å². The Morgan fingerprint density at radius 3 is 2.43 bits per heavy atom. The lowest BCUT2D eigenvalue weighted by Crippen LogP contribution is -2.45. The summed E-state index contributed by atoms with van der Waals surface area (Å²) in [4.78, 5) is 14.1. The third kappa shape index (κ3) is 8.63. The molecule has 0 spiro atoms. The van der Waals surface area contributed by atoms with Crippen molar-refractivity contribution in [3.63, 3.8) is 0 Å². The predicted octanol–water partition coefficient (Wildman–Crippen LogP) is -0.215.